The van der Waals surface area contributed by atoms with Gasteiger partial charge in [0.2, 0.25) is 5.91 Å². The summed E-state index contributed by atoms with van der Waals surface area (Å²) in [6, 6.07) is 1.81. The van der Waals surface area contributed by atoms with Gasteiger partial charge in [0.25, 0.3) is 0 Å². The molecule has 0 spiro atoms. The first kappa shape index (κ1) is 15.7. The van der Waals surface area contributed by atoms with Crippen molar-refractivity contribution in [2.45, 2.75) is 52.0 Å². The number of amides is 1. The van der Waals surface area contributed by atoms with E-state index < -0.39 is 17.7 Å². The van der Waals surface area contributed by atoms with Gasteiger partial charge in [-0.2, -0.15) is 0 Å². The van der Waals surface area contributed by atoms with E-state index in [0.29, 0.717) is 17.9 Å². The molecule has 0 radical (unpaired) electrons. The third-order valence-corrected chi connectivity index (χ3v) is 3.82. The summed E-state index contributed by atoms with van der Waals surface area (Å²) in [4.78, 5) is 13.8. The Morgan fingerprint density at radius 1 is 1.14 bits per heavy atom. The molecule has 1 atom stereocenters. The van der Waals surface area contributed by atoms with Crippen molar-refractivity contribution >= 4 is 17.3 Å². The van der Waals surface area contributed by atoms with E-state index in [1.807, 2.05) is 0 Å². The molecule has 0 saturated heterocycles. The minimum absolute atomic E-state index is 0.0935. The number of unbranched alkanes of at least 4 members (excludes halogenated alkanes) is 4. The van der Waals surface area contributed by atoms with E-state index in [1.54, 1.807) is 11.8 Å². The molecule has 5 heteroatoms. The van der Waals surface area contributed by atoms with Crippen LogP contribution in [0.2, 0.25) is 0 Å². The van der Waals surface area contributed by atoms with Crippen molar-refractivity contribution in [1.29, 1.82) is 0 Å². The predicted octanol–water partition coefficient (Wildman–Crippen LogP) is 4.08. The molecule has 1 unspecified atom stereocenters. The number of carbonyl (C=O) groups excluding carboxylic acids is 1. The van der Waals surface area contributed by atoms with Crippen molar-refractivity contribution in [2.24, 2.45) is 0 Å². The van der Waals surface area contributed by atoms with E-state index in [1.165, 1.54) is 6.42 Å². The quantitative estimate of drug-likeness (QED) is 0.802. The van der Waals surface area contributed by atoms with Gasteiger partial charge in [-0.15, -0.1) is 0 Å². The van der Waals surface area contributed by atoms with E-state index in [4.69, 9.17) is 0 Å². The zero-order valence-electron chi connectivity index (χ0n) is 12.6. The molecule has 1 aliphatic heterocycles. The molecule has 1 aromatic carbocycles. The first-order valence-electron chi connectivity index (χ1n) is 7.61. The summed E-state index contributed by atoms with van der Waals surface area (Å²) in [5, 5.41) is 2.92. The van der Waals surface area contributed by atoms with Gasteiger partial charge in [0, 0.05) is 18.7 Å². The molecular weight excluding hydrogens is 274 g/mol. The van der Waals surface area contributed by atoms with Gasteiger partial charge >= 0.3 is 0 Å². The Morgan fingerprint density at radius 2 is 1.81 bits per heavy atom. The van der Waals surface area contributed by atoms with Gasteiger partial charge in [-0.3, -0.25) is 4.79 Å². The second kappa shape index (κ2) is 6.87. The number of hydrogen-bond acceptors (Lipinski definition) is 2. The molecule has 1 aliphatic rings. The highest BCUT2D eigenvalue weighted by Gasteiger charge is 2.30. The second-order valence-corrected chi connectivity index (χ2v) is 5.55. The minimum atomic E-state index is -0.922. The normalized spacial score (nSPS) is 17.6. The zero-order valence-corrected chi connectivity index (χ0v) is 12.6. The lowest BCUT2D eigenvalue weighted by atomic mass is 10.1. The molecule has 1 aromatic rings. The Morgan fingerprint density at radius 3 is 2.52 bits per heavy atom. The molecule has 0 aliphatic carbocycles. The maximum Gasteiger partial charge on any atom is 0.249 e. The largest absolute Gasteiger partial charge is 0.372 e. The highest BCUT2D eigenvalue weighted by atomic mass is 19.2. The first-order valence-corrected chi connectivity index (χ1v) is 7.61. The standard InChI is InChI=1S/C16H22F2N2O/c1-3-4-5-6-7-8-20-15-10-13(18)12(17)9-14(15)19-11(2)16(20)21/h9-11,19H,3-8H2,1-2H3. The molecule has 2 rings (SSSR count). The van der Waals surface area contributed by atoms with Crippen LogP contribution in [0.4, 0.5) is 20.2 Å². The SMILES string of the molecule is CCCCCCCN1C(=O)C(C)Nc2cc(F)c(F)cc21. The Bertz CT molecular complexity index is 519. The van der Waals surface area contributed by atoms with Crippen molar-refractivity contribution in [3.05, 3.63) is 23.8 Å². The minimum Gasteiger partial charge on any atom is -0.372 e. The fourth-order valence-corrected chi connectivity index (χ4v) is 2.63. The van der Waals surface area contributed by atoms with Gasteiger partial charge in [-0.1, -0.05) is 32.6 Å². The zero-order chi connectivity index (χ0) is 15.4. The smallest absolute Gasteiger partial charge is 0.249 e. The van der Waals surface area contributed by atoms with Crippen LogP contribution in [-0.2, 0) is 4.79 Å². The summed E-state index contributed by atoms with van der Waals surface area (Å²) in [7, 11) is 0. The lowest BCUT2D eigenvalue weighted by molar-refractivity contribution is -0.119. The van der Waals surface area contributed by atoms with E-state index in [2.05, 4.69) is 12.2 Å². The summed E-state index contributed by atoms with van der Waals surface area (Å²) in [5.41, 5.74) is 0.919. The number of benzene rings is 1. The highest BCUT2D eigenvalue weighted by molar-refractivity contribution is 6.04. The average Bonchev–Trinajstić information content (AvgIpc) is 2.45. The molecule has 1 heterocycles. The number of carbonyl (C=O) groups is 1. The summed E-state index contributed by atoms with van der Waals surface area (Å²) in [5.74, 6) is -1.91. The van der Waals surface area contributed by atoms with Gasteiger partial charge in [0.1, 0.15) is 6.04 Å². The Hall–Kier alpha value is -1.65. The fraction of sp³-hybridized carbons (Fsp3) is 0.562. The molecular formula is C16H22F2N2O. The molecule has 0 aromatic heterocycles. The van der Waals surface area contributed by atoms with Crippen LogP contribution in [-0.4, -0.2) is 18.5 Å². The lowest BCUT2D eigenvalue weighted by Gasteiger charge is -2.34. The van der Waals surface area contributed by atoms with Gasteiger partial charge in [0.05, 0.1) is 11.4 Å². The van der Waals surface area contributed by atoms with Crippen LogP contribution in [0.25, 0.3) is 0 Å². The van der Waals surface area contributed by atoms with Gasteiger partial charge in [-0.25, -0.2) is 8.78 Å². The second-order valence-electron chi connectivity index (χ2n) is 5.55. The van der Waals surface area contributed by atoms with Crippen molar-refractivity contribution in [3.63, 3.8) is 0 Å². The summed E-state index contributed by atoms with van der Waals surface area (Å²) >= 11 is 0. The van der Waals surface area contributed by atoms with Gasteiger partial charge < -0.3 is 10.2 Å². The molecule has 1 N–H and O–H groups in total. The predicted molar refractivity (Wildman–Crippen MR) is 80.6 cm³/mol. The molecule has 116 valence electrons. The number of anilines is 2. The topological polar surface area (TPSA) is 32.3 Å². The van der Waals surface area contributed by atoms with E-state index >= 15 is 0 Å². The van der Waals surface area contributed by atoms with Gasteiger partial charge in [-0.05, 0) is 13.3 Å². The van der Waals surface area contributed by atoms with E-state index in [0.717, 1.165) is 37.8 Å². The molecule has 3 nitrogen and oxygen atoms in total. The van der Waals surface area contributed by atoms with Gasteiger partial charge in [0.15, 0.2) is 11.6 Å². The van der Waals surface area contributed by atoms with Crippen LogP contribution >= 0.6 is 0 Å². The third-order valence-electron chi connectivity index (χ3n) is 3.82. The van der Waals surface area contributed by atoms with Crippen molar-refractivity contribution in [1.82, 2.24) is 0 Å². The Kier molecular flexibility index (Phi) is 5.15. The van der Waals surface area contributed by atoms with E-state index in [-0.39, 0.29) is 5.91 Å². The summed E-state index contributed by atoms with van der Waals surface area (Å²) in [6.45, 7) is 4.43. The van der Waals surface area contributed by atoms with Crippen molar-refractivity contribution in [2.75, 3.05) is 16.8 Å². The first-order chi connectivity index (χ1) is 10.0. The van der Waals surface area contributed by atoms with Crippen LogP contribution in [0, 0.1) is 11.6 Å². The van der Waals surface area contributed by atoms with Crippen LogP contribution < -0.4 is 10.2 Å². The summed E-state index contributed by atoms with van der Waals surface area (Å²) < 4.78 is 26.8. The number of fused-ring (bicyclic) bond motifs is 1. The number of hydrogen-bond donors (Lipinski definition) is 1. The van der Waals surface area contributed by atoms with Crippen LogP contribution in [0.3, 0.4) is 0 Å². The monoisotopic (exact) mass is 296 g/mol. The van der Waals surface area contributed by atoms with Crippen molar-refractivity contribution < 1.29 is 13.6 Å². The average molecular weight is 296 g/mol. The Labute approximate surface area is 124 Å². The van der Waals surface area contributed by atoms with E-state index in [9.17, 15) is 13.6 Å². The molecule has 0 bridgehead atoms. The molecule has 1 amide bonds. The van der Waals surface area contributed by atoms with Crippen LogP contribution in [0.15, 0.2) is 12.1 Å². The Balaban J connectivity index is 2.12. The highest BCUT2D eigenvalue weighted by Crippen LogP contribution is 2.33. The lowest BCUT2D eigenvalue weighted by Crippen LogP contribution is -2.46. The third kappa shape index (κ3) is 3.52. The molecule has 0 fully saturated rings. The maximum absolute atomic E-state index is 13.5. The van der Waals surface area contributed by atoms with Crippen LogP contribution in [0.1, 0.15) is 46.0 Å². The summed E-state index contributed by atoms with van der Waals surface area (Å²) in [6.07, 6.45) is 5.39. The number of nitrogens with one attached hydrogen (secondary N) is 1. The number of halogens is 2. The number of rotatable bonds is 6. The van der Waals surface area contributed by atoms with Crippen LogP contribution in [0.5, 0.6) is 0 Å². The van der Waals surface area contributed by atoms with Crippen molar-refractivity contribution in [3.8, 4) is 0 Å². The fourth-order valence-electron chi connectivity index (χ4n) is 2.63. The molecule has 21 heavy (non-hydrogen) atoms. The number of nitrogens with zero attached hydrogens (tertiary/aromatic N) is 1. The maximum atomic E-state index is 13.5. The molecule has 0 saturated carbocycles.